The fraction of sp³-hybridized carbons (Fsp3) is 0.368. The van der Waals surface area contributed by atoms with Crippen molar-refractivity contribution in [3.05, 3.63) is 53.3 Å². The summed E-state index contributed by atoms with van der Waals surface area (Å²) in [4.78, 5) is 26.8. The Morgan fingerprint density at radius 2 is 2.11 bits per heavy atom. The number of carbonyl (C=O) groups excluding carboxylic acids is 2. The van der Waals surface area contributed by atoms with Gasteiger partial charge in [-0.15, -0.1) is 0 Å². The van der Waals surface area contributed by atoms with Gasteiger partial charge in [0, 0.05) is 13.1 Å². The number of carbonyl (C=O) groups is 2. The van der Waals surface area contributed by atoms with Crippen LogP contribution in [0.25, 0.3) is 0 Å². The quantitative estimate of drug-likeness (QED) is 0.846. The van der Waals surface area contributed by atoms with Crippen molar-refractivity contribution in [3.63, 3.8) is 0 Å². The molecule has 27 heavy (non-hydrogen) atoms. The average Bonchev–Trinajstić information content (AvgIpc) is 2.98. The van der Waals surface area contributed by atoms with Crippen LogP contribution in [0, 0.1) is 11.3 Å². The van der Waals surface area contributed by atoms with E-state index in [4.69, 9.17) is 10.00 Å². The van der Waals surface area contributed by atoms with Crippen LogP contribution in [-0.2, 0) is 27.4 Å². The van der Waals surface area contributed by atoms with E-state index in [1.165, 1.54) is 0 Å². The topological polar surface area (TPSA) is 100 Å². The van der Waals surface area contributed by atoms with Crippen LogP contribution >= 0.6 is 0 Å². The predicted molar refractivity (Wildman–Crippen MR) is 94.0 cm³/mol. The summed E-state index contributed by atoms with van der Waals surface area (Å²) in [6, 6.07) is 12.6. The zero-order valence-corrected chi connectivity index (χ0v) is 14.7. The van der Waals surface area contributed by atoms with Gasteiger partial charge in [-0.05, 0) is 18.1 Å². The molecule has 2 atom stereocenters. The van der Waals surface area contributed by atoms with Gasteiger partial charge in [0.1, 0.15) is 12.7 Å². The van der Waals surface area contributed by atoms with Gasteiger partial charge in [-0.25, -0.2) is 0 Å². The molecule has 1 fully saturated rings. The summed E-state index contributed by atoms with van der Waals surface area (Å²) < 4.78 is 7.43. The Morgan fingerprint density at radius 3 is 2.89 bits per heavy atom. The van der Waals surface area contributed by atoms with Crippen LogP contribution in [0.3, 0.4) is 0 Å². The van der Waals surface area contributed by atoms with Gasteiger partial charge in [-0.1, -0.05) is 30.3 Å². The fourth-order valence-electron chi connectivity index (χ4n) is 3.57. The first-order valence-corrected chi connectivity index (χ1v) is 8.87. The van der Waals surface area contributed by atoms with E-state index in [0.717, 1.165) is 17.7 Å². The molecule has 8 heteroatoms. The molecule has 3 heterocycles. The zero-order valence-electron chi connectivity index (χ0n) is 14.7. The molecule has 2 aliphatic rings. The van der Waals surface area contributed by atoms with Gasteiger partial charge in [0.25, 0.3) is 5.91 Å². The molecule has 1 aromatic heterocycles. The Bertz CT molecular complexity index is 902. The van der Waals surface area contributed by atoms with Crippen LogP contribution in [0.1, 0.15) is 29.4 Å². The molecule has 1 N–H and O–H groups in total. The molecule has 138 valence electrons. The van der Waals surface area contributed by atoms with Crippen molar-refractivity contribution < 1.29 is 14.3 Å². The van der Waals surface area contributed by atoms with Gasteiger partial charge in [0.05, 0.1) is 18.3 Å². The molecule has 2 aliphatic heterocycles. The standard InChI is InChI=1S/C19H19N5O3/c20-10-14-9-15-11-23(7-4-8-24(15)22-14)19(26)18-17(21-16(25)12-27-18)13-5-2-1-3-6-13/h1-3,5-6,9,17-18H,4,7-8,11-12H2,(H,21,25)/t17-,18+/m1/s1. The minimum Gasteiger partial charge on any atom is -0.356 e. The van der Waals surface area contributed by atoms with E-state index in [1.54, 1.807) is 15.6 Å². The summed E-state index contributed by atoms with van der Waals surface area (Å²) in [5.74, 6) is -0.405. The maximum atomic E-state index is 13.2. The zero-order chi connectivity index (χ0) is 18.8. The lowest BCUT2D eigenvalue weighted by atomic mass is 9.98. The number of amides is 2. The SMILES string of the molecule is N#Cc1cc2n(n1)CCCN(C(=O)[C@H]1OCC(=O)N[C@@H]1c1ccccc1)C2. The van der Waals surface area contributed by atoms with Gasteiger partial charge in [-0.3, -0.25) is 14.3 Å². The molecular weight excluding hydrogens is 346 g/mol. The predicted octanol–water partition coefficient (Wildman–Crippen LogP) is 0.743. The first-order valence-electron chi connectivity index (χ1n) is 8.87. The Morgan fingerprint density at radius 1 is 1.30 bits per heavy atom. The highest BCUT2D eigenvalue weighted by atomic mass is 16.5. The van der Waals surface area contributed by atoms with Crippen LogP contribution in [0.2, 0.25) is 0 Å². The lowest BCUT2D eigenvalue weighted by Crippen LogP contribution is -2.53. The van der Waals surface area contributed by atoms with Crippen LogP contribution < -0.4 is 5.32 Å². The molecule has 8 nitrogen and oxygen atoms in total. The van der Waals surface area contributed by atoms with E-state index in [0.29, 0.717) is 25.3 Å². The monoisotopic (exact) mass is 365 g/mol. The normalized spacial score (nSPS) is 22.3. The fourth-order valence-corrected chi connectivity index (χ4v) is 3.57. The molecular formula is C19H19N5O3. The van der Waals surface area contributed by atoms with Crippen LogP contribution in [0.5, 0.6) is 0 Å². The van der Waals surface area contributed by atoms with Crippen molar-refractivity contribution in [2.24, 2.45) is 0 Å². The number of benzene rings is 1. The number of aromatic nitrogens is 2. The number of rotatable bonds is 2. The number of aryl methyl sites for hydroxylation is 1. The third kappa shape index (κ3) is 3.41. The number of ether oxygens (including phenoxy) is 1. The summed E-state index contributed by atoms with van der Waals surface area (Å²) >= 11 is 0. The van der Waals surface area contributed by atoms with E-state index in [1.807, 2.05) is 36.4 Å². The number of hydrogen-bond donors (Lipinski definition) is 1. The number of fused-ring (bicyclic) bond motifs is 1. The highest BCUT2D eigenvalue weighted by Crippen LogP contribution is 2.25. The molecule has 0 unspecified atom stereocenters. The first-order chi connectivity index (χ1) is 13.2. The lowest BCUT2D eigenvalue weighted by molar-refractivity contribution is -0.155. The van der Waals surface area contributed by atoms with Crippen molar-refractivity contribution in [1.29, 1.82) is 5.26 Å². The number of nitrogens with one attached hydrogen (secondary N) is 1. The molecule has 0 radical (unpaired) electrons. The molecule has 0 aliphatic carbocycles. The minimum atomic E-state index is -0.782. The number of hydrogen-bond acceptors (Lipinski definition) is 5. The Labute approximate surface area is 156 Å². The maximum absolute atomic E-state index is 13.2. The van der Waals surface area contributed by atoms with E-state index in [-0.39, 0.29) is 18.4 Å². The van der Waals surface area contributed by atoms with Crippen molar-refractivity contribution in [2.75, 3.05) is 13.2 Å². The van der Waals surface area contributed by atoms with Gasteiger partial charge in [-0.2, -0.15) is 10.4 Å². The molecule has 0 bridgehead atoms. The van der Waals surface area contributed by atoms with Gasteiger partial charge >= 0.3 is 0 Å². The van der Waals surface area contributed by atoms with Crippen LogP contribution in [0.15, 0.2) is 36.4 Å². The van der Waals surface area contributed by atoms with E-state index in [2.05, 4.69) is 10.4 Å². The van der Waals surface area contributed by atoms with Crippen LogP contribution in [0.4, 0.5) is 0 Å². The summed E-state index contributed by atoms with van der Waals surface area (Å²) in [7, 11) is 0. The van der Waals surface area contributed by atoms with E-state index in [9.17, 15) is 9.59 Å². The second-order valence-electron chi connectivity index (χ2n) is 6.66. The first kappa shape index (κ1) is 17.2. The van der Waals surface area contributed by atoms with Crippen molar-refractivity contribution in [1.82, 2.24) is 20.0 Å². The molecule has 1 aromatic carbocycles. The smallest absolute Gasteiger partial charge is 0.254 e. The average molecular weight is 365 g/mol. The summed E-state index contributed by atoms with van der Waals surface area (Å²) in [5.41, 5.74) is 2.01. The highest BCUT2D eigenvalue weighted by Gasteiger charge is 2.38. The maximum Gasteiger partial charge on any atom is 0.254 e. The molecule has 1 saturated heterocycles. The number of morpholine rings is 1. The summed E-state index contributed by atoms with van der Waals surface area (Å²) in [6.07, 6.45) is -0.0459. The van der Waals surface area contributed by atoms with Gasteiger partial charge in [0.2, 0.25) is 5.91 Å². The van der Waals surface area contributed by atoms with Crippen molar-refractivity contribution >= 4 is 11.8 Å². The second kappa shape index (κ2) is 7.21. The van der Waals surface area contributed by atoms with Crippen molar-refractivity contribution in [2.45, 2.75) is 31.7 Å². The third-order valence-corrected chi connectivity index (χ3v) is 4.86. The largest absolute Gasteiger partial charge is 0.356 e. The third-order valence-electron chi connectivity index (χ3n) is 4.86. The Hall–Kier alpha value is -3.18. The molecule has 0 spiro atoms. The van der Waals surface area contributed by atoms with Gasteiger partial charge < -0.3 is 15.0 Å². The van der Waals surface area contributed by atoms with Crippen LogP contribution in [-0.4, -0.2) is 45.8 Å². The summed E-state index contributed by atoms with van der Waals surface area (Å²) in [5, 5.41) is 16.2. The molecule has 4 rings (SSSR count). The number of nitrogens with zero attached hydrogens (tertiary/aromatic N) is 4. The lowest BCUT2D eigenvalue weighted by Gasteiger charge is -2.34. The summed E-state index contributed by atoms with van der Waals surface area (Å²) in [6.45, 7) is 1.46. The van der Waals surface area contributed by atoms with Crippen molar-refractivity contribution in [3.8, 4) is 6.07 Å². The van der Waals surface area contributed by atoms with E-state index >= 15 is 0 Å². The minimum absolute atomic E-state index is 0.135. The van der Waals surface area contributed by atoms with Gasteiger partial charge in [0.15, 0.2) is 11.8 Å². The highest BCUT2D eigenvalue weighted by molar-refractivity contribution is 5.86. The Kier molecular flexibility index (Phi) is 4.60. The number of nitriles is 1. The Balaban J connectivity index is 1.58. The second-order valence-corrected chi connectivity index (χ2v) is 6.66. The molecule has 2 amide bonds. The molecule has 2 aromatic rings. The van der Waals surface area contributed by atoms with E-state index < -0.39 is 12.1 Å². The molecule has 0 saturated carbocycles.